The topological polar surface area (TPSA) is 86.8 Å². The zero-order chi connectivity index (χ0) is 33.4. The number of hydrogen-bond acceptors (Lipinski definition) is 4. The summed E-state index contributed by atoms with van der Waals surface area (Å²) in [7, 11) is -3.99. The molecule has 3 aromatic carbocycles. The Balaban J connectivity index is 1.92. The van der Waals surface area contributed by atoms with Crippen LogP contribution in [-0.2, 0) is 38.8 Å². The molecule has 0 fully saturated rings. The number of hydrogen-bond donors (Lipinski definition) is 1. The molecular formula is C32H36Cl2F3N3O4S. The van der Waals surface area contributed by atoms with Crippen LogP contribution in [-0.4, -0.2) is 50.5 Å². The van der Waals surface area contributed by atoms with E-state index in [2.05, 4.69) is 5.32 Å². The monoisotopic (exact) mass is 685 g/mol. The highest BCUT2D eigenvalue weighted by atomic mass is 35.5. The van der Waals surface area contributed by atoms with Crippen molar-refractivity contribution in [3.63, 3.8) is 0 Å². The standard InChI is InChI=1S/C32H36Cl2F3N3O4S/c1-22(2)20-38-31(42)29(18-23-9-5-4-6-10-23)39(21-24-14-15-27(33)28(34)17-24)30(41)13-8-16-40(45(3,43)44)26-12-7-11-25(19-26)32(35,36)37/h4-7,9-12,14-15,17,19,22,29H,8,13,16,18,20-21H2,1-3H3,(H,38,42)/t29-/m1/s1. The van der Waals surface area contributed by atoms with Crippen molar-refractivity contribution >= 4 is 50.7 Å². The second kappa shape index (κ2) is 15.8. The lowest BCUT2D eigenvalue weighted by atomic mass is 10.0. The van der Waals surface area contributed by atoms with Gasteiger partial charge in [0.25, 0.3) is 0 Å². The van der Waals surface area contributed by atoms with Crippen LogP contribution in [0.25, 0.3) is 0 Å². The number of nitrogens with zero attached hydrogens (tertiary/aromatic N) is 2. The van der Waals surface area contributed by atoms with E-state index in [4.69, 9.17) is 23.2 Å². The van der Waals surface area contributed by atoms with E-state index < -0.39 is 33.7 Å². The number of carbonyl (C=O) groups is 2. The fraction of sp³-hybridized carbons (Fsp3) is 0.375. The number of alkyl halides is 3. The van der Waals surface area contributed by atoms with Gasteiger partial charge >= 0.3 is 6.18 Å². The van der Waals surface area contributed by atoms with Gasteiger partial charge in [-0.15, -0.1) is 0 Å². The van der Waals surface area contributed by atoms with Gasteiger partial charge in [0.15, 0.2) is 0 Å². The van der Waals surface area contributed by atoms with Crippen LogP contribution >= 0.6 is 23.2 Å². The molecule has 0 spiro atoms. The summed E-state index contributed by atoms with van der Waals surface area (Å²) in [5.41, 5.74) is 0.285. The van der Waals surface area contributed by atoms with Gasteiger partial charge in [0.2, 0.25) is 21.8 Å². The molecule has 1 N–H and O–H groups in total. The van der Waals surface area contributed by atoms with Gasteiger partial charge in [-0.3, -0.25) is 13.9 Å². The zero-order valence-electron chi connectivity index (χ0n) is 25.2. The number of benzene rings is 3. The average molecular weight is 687 g/mol. The number of sulfonamides is 1. The first-order valence-electron chi connectivity index (χ1n) is 14.3. The van der Waals surface area contributed by atoms with Crippen molar-refractivity contribution in [3.8, 4) is 0 Å². The number of halogens is 5. The first kappa shape index (κ1) is 36.2. The number of carbonyl (C=O) groups excluding carboxylic acids is 2. The van der Waals surface area contributed by atoms with Crippen LogP contribution in [0.3, 0.4) is 0 Å². The van der Waals surface area contributed by atoms with Crippen molar-refractivity contribution in [2.45, 2.75) is 51.9 Å². The second-order valence-corrected chi connectivity index (χ2v) is 13.8. The van der Waals surface area contributed by atoms with Gasteiger partial charge in [-0.05, 0) is 53.8 Å². The van der Waals surface area contributed by atoms with Gasteiger partial charge in [0.05, 0.1) is 27.6 Å². The van der Waals surface area contributed by atoms with Crippen molar-refractivity contribution in [2.75, 3.05) is 23.7 Å². The fourth-order valence-corrected chi connectivity index (χ4v) is 5.93. The van der Waals surface area contributed by atoms with Crippen molar-refractivity contribution in [2.24, 2.45) is 5.92 Å². The molecule has 13 heteroatoms. The minimum absolute atomic E-state index is 0.00569. The molecule has 0 unspecified atom stereocenters. The molecule has 0 heterocycles. The van der Waals surface area contributed by atoms with Crippen LogP contribution in [0.15, 0.2) is 72.8 Å². The normalized spacial score (nSPS) is 12.6. The Bertz CT molecular complexity index is 1570. The van der Waals surface area contributed by atoms with E-state index in [0.29, 0.717) is 17.1 Å². The van der Waals surface area contributed by atoms with Crippen LogP contribution in [0.5, 0.6) is 0 Å². The molecule has 0 aliphatic rings. The second-order valence-electron chi connectivity index (χ2n) is 11.1. The summed E-state index contributed by atoms with van der Waals surface area (Å²) < 4.78 is 66.0. The first-order chi connectivity index (χ1) is 21.1. The van der Waals surface area contributed by atoms with E-state index in [1.165, 1.54) is 11.0 Å². The molecule has 0 radical (unpaired) electrons. The Labute approximate surface area is 272 Å². The lowest BCUT2D eigenvalue weighted by molar-refractivity contribution is -0.141. The maximum absolute atomic E-state index is 13.9. The summed E-state index contributed by atoms with van der Waals surface area (Å²) in [5.74, 6) is -0.648. The van der Waals surface area contributed by atoms with Crippen molar-refractivity contribution in [3.05, 3.63) is 99.5 Å². The zero-order valence-corrected chi connectivity index (χ0v) is 27.5. The average Bonchev–Trinajstić information content (AvgIpc) is 2.97. The molecule has 0 aliphatic carbocycles. The van der Waals surface area contributed by atoms with Gasteiger partial charge in [0.1, 0.15) is 6.04 Å². The van der Waals surface area contributed by atoms with Gasteiger partial charge < -0.3 is 10.2 Å². The fourth-order valence-electron chi connectivity index (χ4n) is 4.65. The maximum atomic E-state index is 13.9. The van der Waals surface area contributed by atoms with E-state index >= 15 is 0 Å². The molecule has 0 aromatic heterocycles. The van der Waals surface area contributed by atoms with Crippen LogP contribution in [0.2, 0.25) is 10.0 Å². The van der Waals surface area contributed by atoms with Crippen molar-refractivity contribution in [1.82, 2.24) is 10.2 Å². The van der Waals surface area contributed by atoms with Crippen LogP contribution in [0.4, 0.5) is 18.9 Å². The van der Waals surface area contributed by atoms with Gasteiger partial charge in [-0.25, -0.2) is 8.42 Å². The number of anilines is 1. The number of rotatable bonds is 14. The molecule has 7 nitrogen and oxygen atoms in total. The van der Waals surface area contributed by atoms with Crippen LogP contribution in [0.1, 0.15) is 43.4 Å². The summed E-state index contributed by atoms with van der Waals surface area (Å²) >= 11 is 12.3. The highest BCUT2D eigenvalue weighted by Crippen LogP contribution is 2.32. The third kappa shape index (κ3) is 10.9. The molecule has 2 amide bonds. The molecule has 0 saturated heterocycles. The van der Waals surface area contributed by atoms with Gasteiger partial charge in [0, 0.05) is 32.5 Å². The van der Waals surface area contributed by atoms with Gasteiger partial charge in [-0.1, -0.05) is 79.5 Å². The number of amides is 2. The molecule has 3 rings (SSSR count). The molecule has 244 valence electrons. The van der Waals surface area contributed by atoms with E-state index in [0.717, 1.165) is 34.3 Å². The molecule has 45 heavy (non-hydrogen) atoms. The molecule has 1 atom stereocenters. The third-order valence-corrected chi connectivity index (χ3v) is 8.84. The minimum Gasteiger partial charge on any atom is -0.354 e. The Hall–Kier alpha value is -3.28. The highest BCUT2D eigenvalue weighted by molar-refractivity contribution is 7.92. The summed E-state index contributed by atoms with van der Waals surface area (Å²) in [4.78, 5) is 28.9. The summed E-state index contributed by atoms with van der Waals surface area (Å²) in [6.45, 7) is 4.03. The maximum Gasteiger partial charge on any atom is 0.416 e. The Morgan fingerprint density at radius 2 is 1.60 bits per heavy atom. The lowest BCUT2D eigenvalue weighted by Gasteiger charge is -2.32. The van der Waals surface area contributed by atoms with E-state index in [-0.39, 0.29) is 54.9 Å². The summed E-state index contributed by atoms with van der Waals surface area (Å²) in [5, 5.41) is 3.51. The van der Waals surface area contributed by atoms with Crippen LogP contribution in [0, 0.1) is 5.92 Å². The quantitative estimate of drug-likeness (QED) is 0.199. The Morgan fingerprint density at radius 3 is 2.20 bits per heavy atom. The van der Waals surface area contributed by atoms with E-state index in [1.807, 2.05) is 44.2 Å². The minimum atomic E-state index is -4.66. The number of nitrogens with one attached hydrogen (secondary N) is 1. The predicted octanol–water partition coefficient (Wildman–Crippen LogP) is 6.97. The predicted molar refractivity (Wildman–Crippen MR) is 172 cm³/mol. The molecule has 0 aliphatic heterocycles. The van der Waals surface area contributed by atoms with Crippen molar-refractivity contribution in [1.29, 1.82) is 0 Å². The SMILES string of the molecule is CC(C)CNC(=O)[C@@H](Cc1ccccc1)N(Cc1ccc(Cl)c(Cl)c1)C(=O)CCCN(c1cccc(C(F)(F)F)c1)S(C)(=O)=O. The molecule has 0 bridgehead atoms. The lowest BCUT2D eigenvalue weighted by Crippen LogP contribution is -2.51. The van der Waals surface area contributed by atoms with Crippen LogP contribution < -0.4 is 9.62 Å². The molecule has 0 saturated carbocycles. The Kier molecular flexibility index (Phi) is 12.7. The van der Waals surface area contributed by atoms with E-state index in [9.17, 15) is 31.2 Å². The molecular weight excluding hydrogens is 650 g/mol. The third-order valence-electron chi connectivity index (χ3n) is 6.91. The largest absolute Gasteiger partial charge is 0.416 e. The highest BCUT2D eigenvalue weighted by Gasteiger charge is 2.33. The summed E-state index contributed by atoms with van der Waals surface area (Å²) in [6.07, 6.45) is -3.77. The first-order valence-corrected chi connectivity index (χ1v) is 16.9. The Morgan fingerprint density at radius 1 is 0.911 bits per heavy atom. The van der Waals surface area contributed by atoms with E-state index in [1.54, 1.807) is 18.2 Å². The van der Waals surface area contributed by atoms with Gasteiger partial charge in [-0.2, -0.15) is 13.2 Å². The molecule has 3 aromatic rings. The smallest absolute Gasteiger partial charge is 0.354 e. The summed E-state index contributed by atoms with van der Waals surface area (Å²) in [6, 6.07) is 17.2. The van der Waals surface area contributed by atoms with Crippen molar-refractivity contribution < 1.29 is 31.2 Å².